The molecule has 1 aliphatic rings. The second-order valence-electron chi connectivity index (χ2n) is 9.48. The van der Waals surface area contributed by atoms with Crippen molar-refractivity contribution in [2.75, 3.05) is 0 Å². The molecule has 0 aromatic carbocycles. The Kier molecular flexibility index (Phi) is 8.67. The summed E-state index contributed by atoms with van der Waals surface area (Å²) < 4.78 is 0. The first-order valence-electron chi connectivity index (χ1n) is 10.8. The summed E-state index contributed by atoms with van der Waals surface area (Å²) in [6.07, 6.45) is 15.9. The highest BCUT2D eigenvalue weighted by atomic mass is 14.7. The topological polar surface area (TPSA) is 0 Å². The van der Waals surface area contributed by atoms with Gasteiger partial charge in [-0.05, 0) is 41.4 Å². The van der Waals surface area contributed by atoms with Crippen LogP contribution in [0.4, 0.5) is 0 Å². The van der Waals surface area contributed by atoms with Gasteiger partial charge in [-0.25, -0.2) is 0 Å². The third-order valence-corrected chi connectivity index (χ3v) is 7.31. The van der Waals surface area contributed by atoms with Crippen molar-refractivity contribution in [3.8, 4) is 0 Å². The molecule has 0 saturated heterocycles. The van der Waals surface area contributed by atoms with Gasteiger partial charge in [-0.1, -0.05) is 106 Å². The summed E-state index contributed by atoms with van der Waals surface area (Å²) in [7, 11) is 0. The molecule has 0 amide bonds. The number of rotatable bonds is 13. The van der Waals surface area contributed by atoms with Gasteiger partial charge in [0.15, 0.2) is 0 Å². The molecule has 0 heteroatoms. The predicted molar refractivity (Wildman–Crippen MR) is 106 cm³/mol. The standard InChI is InChI=1S/C23H46/c1-8-10-12-13-14-15-16-18-20(17-11-9-2)23(7)21(19(3)4)22(23,5)6/h19-21H,8-18H2,1-7H3. The third-order valence-electron chi connectivity index (χ3n) is 7.31. The molecule has 0 nitrogen and oxygen atoms in total. The molecule has 1 aliphatic carbocycles. The van der Waals surface area contributed by atoms with E-state index >= 15 is 0 Å². The Morgan fingerprint density at radius 3 is 1.65 bits per heavy atom. The van der Waals surface area contributed by atoms with Gasteiger partial charge in [0, 0.05) is 0 Å². The van der Waals surface area contributed by atoms with Gasteiger partial charge in [0.05, 0.1) is 0 Å². The highest BCUT2D eigenvalue weighted by Crippen LogP contribution is 2.75. The van der Waals surface area contributed by atoms with Gasteiger partial charge in [-0.15, -0.1) is 0 Å². The van der Waals surface area contributed by atoms with Crippen molar-refractivity contribution in [3.63, 3.8) is 0 Å². The van der Waals surface area contributed by atoms with Crippen LogP contribution in [0.15, 0.2) is 0 Å². The lowest BCUT2D eigenvalue weighted by molar-refractivity contribution is 0.214. The summed E-state index contributed by atoms with van der Waals surface area (Å²) in [5.74, 6) is 2.73. The van der Waals surface area contributed by atoms with Crippen molar-refractivity contribution in [3.05, 3.63) is 0 Å². The zero-order valence-electron chi connectivity index (χ0n) is 17.5. The second-order valence-corrected chi connectivity index (χ2v) is 9.48. The van der Waals surface area contributed by atoms with Crippen LogP contribution in [0.1, 0.15) is 119 Å². The summed E-state index contributed by atoms with van der Waals surface area (Å²) in [5, 5.41) is 0. The maximum Gasteiger partial charge on any atom is -0.0207 e. The average molecular weight is 323 g/mol. The van der Waals surface area contributed by atoms with Gasteiger partial charge >= 0.3 is 0 Å². The van der Waals surface area contributed by atoms with Crippen LogP contribution < -0.4 is 0 Å². The van der Waals surface area contributed by atoms with Gasteiger partial charge in [-0.3, -0.25) is 0 Å². The van der Waals surface area contributed by atoms with Crippen molar-refractivity contribution in [2.45, 2.75) is 119 Å². The minimum Gasteiger partial charge on any atom is -0.0654 e. The van der Waals surface area contributed by atoms with E-state index in [9.17, 15) is 0 Å². The van der Waals surface area contributed by atoms with Crippen molar-refractivity contribution in [2.24, 2.45) is 28.6 Å². The van der Waals surface area contributed by atoms with E-state index in [1.807, 2.05) is 0 Å². The van der Waals surface area contributed by atoms with Crippen LogP contribution in [0.25, 0.3) is 0 Å². The highest BCUT2D eigenvalue weighted by molar-refractivity contribution is 5.17. The number of hydrogen-bond acceptors (Lipinski definition) is 0. The summed E-state index contributed by atoms with van der Waals surface area (Å²) in [6.45, 7) is 17.3. The van der Waals surface area contributed by atoms with Crippen molar-refractivity contribution < 1.29 is 0 Å². The van der Waals surface area contributed by atoms with Crippen LogP contribution in [0.2, 0.25) is 0 Å². The van der Waals surface area contributed by atoms with E-state index < -0.39 is 0 Å². The van der Waals surface area contributed by atoms with E-state index in [1.54, 1.807) is 0 Å². The lowest BCUT2D eigenvalue weighted by Gasteiger charge is -2.28. The molecule has 0 N–H and O–H groups in total. The van der Waals surface area contributed by atoms with Crippen LogP contribution in [0, 0.1) is 28.6 Å². The molecule has 138 valence electrons. The van der Waals surface area contributed by atoms with E-state index in [4.69, 9.17) is 0 Å². The Morgan fingerprint density at radius 2 is 1.17 bits per heavy atom. The van der Waals surface area contributed by atoms with E-state index in [2.05, 4.69) is 48.5 Å². The minimum absolute atomic E-state index is 0.556. The molecule has 0 aromatic rings. The molecule has 0 spiro atoms. The van der Waals surface area contributed by atoms with Crippen molar-refractivity contribution in [1.29, 1.82) is 0 Å². The van der Waals surface area contributed by atoms with Crippen molar-refractivity contribution in [1.82, 2.24) is 0 Å². The van der Waals surface area contributed by atoms with Crippen LogP contribution >= 0.6 is 0 Å². The smallest absolute Gasteiger partial charge is 0.0207 e. The molecule has 1 saturated carbocycles. The molecule has 1 fully saturated rings. The molecule has 3 atom stereocenters. The fourth-order valence-electron chi connectivity index (χ4n) is 5.91. The molecular formula is C23H46. The first kappa shape index (κ1) is 21.0. The Bertz CT molecular complexity index is 314. The fourth-order valence-corrected chi connectivity index (χ4v) is 5.91. The van der Waals surface area contributed by atoms with Gasteiger partial charge in [0.1, 0.15) is 0 Å². The van der Waals surface area contributed by atoms with Gasteiger partial charge in [0.2, 0.25) is 0 Å². The summed E-state index contributed by atoms with van der Waals surface area (Å²) in [4.78, 5) is 0. The van der Waals surface area contributed by atoms with Gasteiger partial charge in [0.25, 0.3) is 0 Å². The van der Waals surface area contributed by atoms with E-state index in [0.717, 1.165) is 17.8 Å². The van der Waals surface area contributed by atoms with E-state index in [0.29, 0.717) is 10.8 Å². The largest absolute Gasteiger partial charge is 0.0654 e. The Morgan fingerprint density at radius 1 is 0.696 bits per heavy atom. The molecule has 0 radical (unpaired) electrons. The van der Waals surface area contributed by atoms with Gasteiger partial charge < -0.3 is 0 Å². The van der Waals surface area contributed by atoms with Gasteiger partial charge in [-0.2, -0.15) is 0 Å². The van der Waals surface area contributed by atoms with Crippen LogP contribution in [0.5, 0.6) is 0 Å². The molecule has 0 heterocycles. The number of hydrogen-bond donors (Lipinski definition) is 0. The Labute approximate surface area is 148 Å². The van der Waals surface area contributed by atoms with E-state index in [1.165, 1.54) is 70.6 Å². The predicted octanol–water partition coefficient (Wildman–Crippen LogP) is 8.25. The SMILES string of the molecule is CCCCCCCCCC(CCCC)C1(C)C(C(C)C)C1(C)C. The first-order valence-corrected chi connectivity index (χ1v) is 10.8. The maximum absolute atomic E-state index is 2.62. The molecule has 0 aromatic heterocycles. The number of unbranched alkanes of at least 4 members (excludes halogenated alkanes) is 7. The molecule has 0 aliphatic heterocycles. The van der Waals surface area contributed by atoms with Crippen LogP contribution in [0.3, 0.4) is 0 Å². The molecule has 1 rings (SSSR count). The molecular weight excluding hydrogens is 276 g/mol. The second kappa shape index (κ2) is 9.47. The molecule has 23 heavy (non-hydrogen) atoms. The average Bonchev–Trinajstić information content (AvgIpc) is 2.95. The zero-order valence-corrected chi connectivity index (χ0v) is 17.5. The summed E-state index contributed by atoms with van der Waals surface area (Å²) in [5.41, 5.74) is 1.15. The lowest BCUT2D eigenvalue weighted by Crippen LogP contribution is -2.19. The highest BCUT2D eigenvalue weighted by Gasteiger charge is 2.70. The zero-order chi connectivity index (χ0) is 17.5. The molecule has 3 unspecified atom stereocenters. The van der Waals surface area contributed by atoms with Crippen LogP contribution in [-0.4, -0.2) is 0 Å². The van der Waals surface area contributed by atoms with Crippen molar-refractivity contribution >= 4 is 0 Å². The quantitative estimate of drug-likeness (QED) is 0.299. The Hall–Kier alpha value is 0. The normalized spacial score (nSPS) is 27.4. The summed E-state index contributed by atoms with van der Waals surface area (Å²) in [6, 6.07) is 0. The first-order chi connectivity index (χ1) is 10.8. The third kappa shape index (κ3) is 4.99. The van der Waals surface area contributed by atoms with Crippen LogP contribution in [-0.2, 0) is 0 Å². The van der Waals surface area contributed by atoms with E-state index in [-0.39, 0.29) is 0 Å². The molecule has 0 bridgehead atoms. The summed E-state index contributed by atoms with van der Waals surface area (Å²) >= 11 is 0. The monoisotopic (exact) mass is 322 g/mol. The lowest BCUT2D eigenvalue weighted by atomic mass is 9.77. The Balaban J connectivity index is 2.47. The maximum atomic E-state index is 2.62. The fraction of sp³-hybridized carbons (Fsp3) is 1.00. The minimum atomic E-state index is 0.556.